The topological polar surface area (TPSA) is 105 Å². The molecule has 0 spiro atoms. The summed E-state index contributed by atoms with van der Waals surface area (Å²) >= 11 is 0. The summed E-state index contributed by atoms with van der Waals surface area (Å²) in [5.74, 6) is -0.0226. The summed E-state index contributed by atoms with van der Waals surface area (Å²) in [5.41, 5.74) is 0.945. The molecule has 1 atom stereocenters. The Morgan fingerprint density at radius 1 is 0.974 bits per heavy atom. The molecule has 202 valence electrons. The average molecular weight is 540 g/mol. The molecule has 0 saturated heterocycles. The number of carbonyl (C=O) groups is 2. The fraction of sp³-hybridized carbons (Fsp3) is 0.286. The van der Waals surface area contributed by atoms with Gasteiger partial charge in [0.15, 0.2) is 0 Å². The molecule has 3 rings (SSSR count). The van der Waals surface area contributed by atoms with Crippen molar-refractivity contribution < 1.29 is 27.5 Å². The Morgan fingerprint density at radius 3 is 2.32 bits per heavy atom. The number of hydrogen-bond acceptors (Lipinski definition) is 6. The highest BCUT2D eigenvalue weighted by Crippen LogP contribution is 2.33. The van der Waals surface area contributed by atoms with Gasteiger partial charge in [-0.15, -0.1) is 0 Å². The lowest BCUT2D eigenvalue weighted by Crippen LogP contribution is -2.50. The van der Waals surface area contributed by atoms with E-state index in [0.29, 0.717) is 18.1 Å². The summed E-state index contributed by atoms with van der Waals surface area (Å²) in [6.45, 7) is 3.21. The van der Waals surface area contributed by atoms with Gasteiger partial charge in [-0.25, -0.2) is 8.42 Å². The van der Waals surface area contributed by atoms with Gasteiger partial charge < -0.3 is 19.7 Å². The number of anilines is 1. The molecular weight excluding hydrogens is 506 g/mol. The van der Waals surface area contributed by atoms with Crippen molar-refractivity contribution >= 4 is 27.5 Å². The highest BCUT2D eigenvalue weighted by Gasteiger charge is 2.33. The fourth-order valence-electron chi connectivity index (χ4n) is 3.93. The van der Waals surface area contributed by atoms with Crippen molar-refractivity contribution in [2.24, 2.45) is 0 Å². The molecule has 0 saturated carbocycles. The third-order valence-corrected chi connectivity index (χ3v) is 7.72. The number of nitrogens with one attached hydrogen (secondary N) is 1. The maximum absolute atomic E-state index is 13.9. The van der Waals surface area contributed by atoms with E-state index in [4.69, 9.17) is 9.47 Å². The number of likely N-dealkylation sites (N-methyl/N-ethyl adjacent to an activating group) is 1. The zero-order valence-electron chi connectivity index (χ0n) is 22.0. The second-order valence-electron chi connectivity index (χ2n) is 8.39. The Morgan fingerprint density at radius 2 is 1.66 bits per heavy atom. The minimum absolute atomic E-state index is 0.0257. The molecule has 0 bridgehead atoms. The molecule has 3 aromatic rings. The second-order valence-corrected chi connectivity index (χ2v) is 10.3. The van der Waals surface area contributed by atoms with Crippen molar-refractivity contribution in [1.82, 2.24) is 10.2 Å². The van der Waals surface area contributed by atoms with Crippen LogP contribution in [-0.2, 0) is 26.2 Å². The number of carbonyl (C=O) groups excluding carboxylic acids is 2. The molecule has 0 radical (unpaired) electrons. The van der Waals surface area contributed by atoms with Gasteiger partial charge >= 0.3 is 0 Å². The predicted octanol–water partition coefficient (Wildman–Crippen LogP) is 3.45. The molecule has 38 heavy (non-hydrogen) atoms. The number of rotatable bonds is 12. The summed E-state index contributed by atoms with van der Waals surface area (Å²) in [6.07, 6.45) is 0. The quantitative estimate of drug-likeness (QED) is 0.378. The first-order valence-corrected chi connectivity index (χ1v) is 13.6. The van der Waals surface area contributed by atoms with Crippen molar-refractivity contribution in [1.29, 1.82) is 0 Å². The minimum Gasteiger partial charge on any atom is -0.497 e. The van der Waals surface area contributed by atoms with Gasteiger partial charge in [0.05, 0.1) is 24.3 Å². The van der Waals surface area contributed by atoms with Crippen molar-refractivity contribution in [3.05, 3.63) is 84.4 Å². The van der Waals surface area contributed by atoms with Crippen LogP contribution >= 0.6 is 0 Å². The third-order valence-electron chi connectivity index (χ3n) is 5.94. The van der Waals surface area contributed by atoms with Gasteiger partial charge in [-0.05, 0) is 55.8 Å². The number of sulfonamides is 1. The number of amides is 2. The first-order valence-electron chi connectivity index (χ1n) is 12.2. The number of nitrogens with zero attached hydrogens (tertiary/aromatic N) is 2. The Bertz CT molecular complexity index is 1350. The van der Waals surface area contributed by atoms with E-state index in [-0.39, 0.29) is 23.0 Å². The molecule has 0 aromatic heterocycles. The van der Waals surface area contributed by atoms with E-state index < -0.39 is 28.5 Å². The number of para-hydroxylation sites is 2. The van der Waals surface area contributed by atoms with Gasteiger partial charge in [-0.2, -0.15) is 0 Å². The molecule has 0 aliphatic rings. The SMILES string of the molecule is CCOc1ccccc1N(CC(=O)N(Cc1cccc(OC)c1)[C@@H](C)C(=O)NC)S(=O)(=O)c1ccccc1. The Labute approximate surface area is 224 Å². The van der Waals surface area contributed by atoms with E-state index in [9.17, 15) is 18.0 Å². The number of hydrogen-bond donors (Lipinski definition) is 1. The van der Waals surface area contributed by atoms with Crippen molar-refractivity contribution in [2.45, 2.75) is 31.3 Å². The third kappa shape index (κ3) is 6.63. The minimum atomic E-state index is -4.17. The van der Waals surface area contributed by atoms with Gasteiger partial charge in [0, 0.05) is 13.6 Å². The average Bonchev–Trinajstić information content (AvgIpc) is 2.94. The maximum atomic E-state index is 13.9. The molecule has 0 fully saturated rings. The van der Waals surface area contributed by atoms with Crippen LogP contribution < -0.4 is 19.1 Å². The summed E-state index contributed by atoms with van der Waals surface area (Å²) in [6, 6.07) is 20.8. The Kier molecular flexibility index (Phi) is 9.72. The maximum Gasteiger partial charge on any atom is 0.264 e. The summed E-state index contributed by atoms with van der Waals surface area (Å²) in [5, 5.41) is 2.57. The lowest BCUT2D eigenvalue weighted by atomic mass is 10.1. The van der Waals surface area contributed by atoms with E-state index in [1.54, 1.807) is 74.5 Å². The summed E-state index contributed by atoms with van der Waals surface area (Å²) < 4.78 is 39.7. The van der Waals surface area contributed by atoms with Crippen LogP contribution in [0.4, 0.5) is 5.69 Å². The smallest absolute Gasteiger partial charge is 0.264 e. The molecule has 9 nitrogen and oxygen atoms in total. The number of ether oxygens (including phenoxy) is 2. The lowest BCUT2D eigenvalue weighted by Gasteiger charge is -2.32. The largest absolute Gasteiger partial charge is 0.497 e. The number of methoxy groups -OCH3 is 1. The zero-order chi connectivity index (χ0) is 27.7. The van der Waals surface area contributed by atoms with Gasteiger partial charge in [0.25, 0.3) is 10.0 Å². The monoisotopic (exact) mass is 539 g/mol. The van der Waals surface area contributed by atoms with Gasteiger partial charge in [0.2, 0.25) is 11.8 Å². The first-order chi connectivity index (χ1) is 18.2. The van der Waals surface area contributed by atoms with E-state index in [0.717, 1.165) is 9.87 Å². The van der Waals surface area contributed by atoms with Gasteiger partial charge in [-0.1, -0.05) is 42.5 Å². The van der Waals surface area contributed by atoms with Crippen molar-refractivity contribution in [2.75, 3.05) is 31.6 Å². The lowest BCUT2D eigenvalue weighted by molar-refractivity contribution is -0.139. The Hall–Kier alpha value is -4.05. The van der Waals surface area contributed by atoms with Gasteiger partial charge in [-0.3, -0.25) is 13.9 Å². The van der Waals surface area contributed by atoms with Crippen LogP contribution in [0.1, 0.15) is 19.4 Å². The second kappa shape index (κ2) is 13.0. The van der Waals surface area contributed by atoms with Crippen LogP contribution in [0.3, 0.4) is 0 Å². The molecule has 10 heteroatoms. The normalized spacial score (nSPS) is 11.8. The van der Waals surface area contributed by atoms with Crippen LogP contribution in [0.25, 0.3) is 0 Å². The molecule has 0 aliphatic carbocycles. The predicted molar refractivity (Wildman–Crippen MR) is 146 cm³/mol. The van der Waals surface area contributed by atoms with E-state index >= 15 is 0 Å². The molecule has 0 unspecified atom stereocenters. The van der Waals surface area contributed by atoms with Crippen molar-refractivity contribution in [3.63, 3.8) is 0 Å². The zero-order valence-corrected chi connectivity index (χ0v) is 22.8. The van der Waals surface area contributed by atoms with E-state index in [2.05, 4.69) is 5.32 Å². The highest BCUT2D eigenvalue weighted by atomic mass is 32.2. The van der Waals surface area contributed by atoms with E-state index in [1.165, 1.54) is 31.2 Å². The molecule has 1 N–H and O–H groups in total. The van der Waals surface area contributed by atoms with Crippen LogP contribution in [0, 0.1) is 0 Å². The molecule has 0 heterocycles. The standard InChI is InChI=1S/C28H33N3O6S/c1-5-37-26-17-10-9-16-25(26)31(38(34,35)24-14-7-6-8-15-24)20-27(32)30(21(2)28(33)29-3)19-22-12-11-13-23(18-22)36-4/h6-18,21H,5,19-20H2,1-4H3,(H,29,33)/t21-/m0/s1. The molecule has 2 amide bonds. The fourth-order valence-corrected chi connectivity index (χ4v) is 5.38. The molecule has 0 aliphatic heterocycles. The van der Waals surface area contributed by atoms with Crippen LogP contribution in [0.15, 0.2) is 83.8 Å². The van der Waals surface area contributed by atoms with Gasteiger partial charge in [0.1, 0.15) is 24.1 Å². The Balaban J connectivity index is 2.07. The van der Waals surface area contributed by atoms with E-state index in [1.807, 2.05) is 6.07 Å². The van der Waals surface area contributed by atoms with Crippen LogP contribution in [0.2, 0.25) is 0 Å². The van der Waals surface area contributed by atoms with Crippen molar-refractivity contribution in [3.8, 4) is 11.5 Å². The molecular formula is C28H33N3O6S. The summed E-state index contributed by atoms with van der Waals surface area (Å²) in [7, 11) is -1.15. The van der Waals surface area contributed by atoms with Crippen LogP contribution in [-0.4, -0.2) is 58.5 Å². The molecule has 3 aromatic carbocycles. The highest BCUT2D eigenvalue weighted by molar-refractivity contribution is 7.92. The van der Waals surface area contributed by atoms with Crippen LogP contribution in [0.5, 0.6) is 11.5 Å². The summed E-state index contributed by atoms with van der Waals surface area (Å²) in [4.78, 5) is 27.8. The number of benzene rings is 3. The first kappa shape index (κ1) is 28.5.